The molecule has 2 aliphatic rings. The summed E-state index contributed by atoms with van der Waals surface area (Å²) < 4.78 is 5.97. The molecule has 0 unspecified atom stereocenters. The van der Waals surface area contributed by atoms with Gasteiger partial charge in [0.1, 0.15) is 17.2 Å². The van der Waals surface area contributed by atoms with Crippen LogP contribution in [-0.2, 0) is 4.74 Å². The Bertz CT molecular complexity index is 500. The summed E-state index contributed by atoms with van der Waals surface area (Å²) in [5.74, 6) is 0.874. The first-order valence-electron chi connectivity index (χ1n) is 8.34. The van der Waals surface area contributed by atoms with Crippen molar-refractivity contribution in [2.45, 2.75) is 64.3 Å². The lowest BCUT2D eigenvalue weighted by Crippen LogP contribution is -2.34. The van der Waals surface area contributed by atoms with E-state index in [0.717, 1.165) is 24.3 Å². The molecule has 0 spiro atoms. The van der Waals surface area contributed by atoms with Gasteiger partial charge in [0.25, 0.3) is 0 Å². The van der Waals surface area contributed by atoms with Gasteiger partial charge in [0, 0.05) is 13.1 Å². The average Bonchev–Trinajstić information content (AvgIpc) is 2.56. The molecule has 1 saturated carbocycles. The largest absolute Gasteiger partial charge is 0.495 e. The highest BCUT2D eigenvalue weighted by Gasteiger charge is 2.29. The summed E-state index contributed by atoms with van der Waals surface area (Å²) in [6.07, 6.45) is 10.8. The molecule has 0 aromatic carbocycles. The Hall–Kier alpha value is -1.25. The zero-order valence-electron chi connectivity index (χ0n) is 13.6. The first-order valence-corrected chi connectivity index (χ1v) is 8.72. The number of likely N-dealkylation sites (N-methyl/N-ethyl adjacent to an activating group) is 1. The van der Waals surface area contributed by atoms with Crippen molar-refractivity contribution in [3.63, 3.8) is 0 Å². The minimum absolute atomic E-state index is 0.460. The Labute approximate surface area is 138 Å². The molecule has 0 radical (unpaired) electrons. The molecule has 122 valence electrons. The van der Waals surface area contributed by atoms with Gasteiger partial charge in [-0.3, -0.25) is 0 Å². The molecule has 0 aromatic rings. The number of ether oxygens (including phenoxy) is 1. The van der Waals surface area contributed by atoms with E-state index in [1.807, 2.05) is 6.08 Å². The molecule has 2 rings (SSSR count). The van der Waals surface area contributed by atoms with Gasteiger partial charge >= 0.3 is 5.71 Å². The van der Waals surface area contributed by atoms with E-state index in [-0.39, 0.29) is 0 Å². The van der Waals surface area contributed by atoms with E-state index in [1.165, 1.54) is 32.1 Å². The van der Waals surface area contributed by atoms with Gasteiger partial charge in [-0.2, -0.15) is 4.79 Å². The van der Waals surface area contributed by atoms with Crippen LogP contribution in [0.1, 0.15) is 58.3 Å². The summed E-state index contributed by atoms with van der Waals surface area (Å²) in [5, 5.41) is 0.503. The van der Waals surface area contributed by atoms with Crippen molar-refractivity contribution < 1.29 is 9.53 Å². The minimum Gasteiger partial charge on any atom is -0.495 e. The number of allylic oxidation sites excluding steroid dienone is 3. The molecule has 0 heterocycles. The predicted molar refractivity (Wildman–Crippen MR) is 89.7 cm³/mol. The van der Waals surface area contributed by atoms with E-state index >= 15 is 0 Å². The van der Waals surface area contributed by atoms with Gasteiger partial charge in [0.05, 0.1) is 12.3 Å². The topological polar surface area (TPSA) is 48.9 Å². The van der Waals surface area contributed by atoms with Crippen LogP contribution in [0, 0.1) is 0 Å². The maximum Gasteiger partial charge on any atom is 0.318 e. The summed E-state index contributed by atoms with van der Waals surface area (Å²) in [7, 11) is 2.12. The standard InChI is InChI=1S/C17H26ClN3O/c1-3-4-10-22-17-12-15(20-19)14(18)11-16(17)21(2)13-8-6-5-7-9-13/h11,13H,3-10,12H2,1-2H3. The van der Waals surface area contributed by atoms with Gasteiger partial charge in [0.15, 0.2) is 0 Å². The molecule has 0 atom stereocenters. The van der Waals surface area contributed by atoms with Gasteiger partial charge in [-0.05, 0) is 25.3 Å². The van der Waals surface area contributed by atoms with Crippen LogP contribution in [0.5, 0.6) is 0 Å². The Morgan fingerprint density at radius 1 is 1.36 bits per heavy atom. The molecule has 1 fully saturated rings. The van der Waals surface area contributed by atoms with Crippen LogP contribution >= 0.6 is 11.6 Å². The van der Waals surface area contributed by atoms with Gasteiger partial charge in [-0.1, -0.05) is 44.2 Å². The van der Waals surface area contributed by atoms with E-state index in [4.69, 9.17) is 21.9 Å². The normalized spacial score (nSPS) is 19.8. The second kappa shape index (κ2) is 8.40. The van der Waals surface area contributed by atoms with Crippen LogP contribution in [0.15, 0.2) is 22.6 Å². The zero-order chi connectivity index (χ0) is 15.9. The van der Waals surface area contributed by atoms with Gasteiger partial charge in [-0.15, -0.1) is 0 Å². The first-order chi connectivity index (χ1) is 10.7. The second-order valence-electron chi connectivity index (χ2n) is 6.13. The van der Waals surface area contributed by atoms with E-state index in [2.05, 4.69) is 23.7 Å². The Balaban J connectivity index is 2.21. The molecule has 5 heteroatoms. The van der Waals surface area contributed by atoms with Crippen molar-refractivity contribution in [3.05, 3.63) is 28.1 Å². The number of rotatable bonds is 6. The number of hydrogen-bond donors (Lipinski definition) is 0. The van der Waals surface area contributed by atoms with Crippen LogP contribution in [0.25, 0.3) is 5.53 Å². The van der Waals surface area contributed by atoms with Crippen LogP contribution < -0.4 is 0 Å². The highest BCUT2D eigenvalue weighted by molar-refractivity contribution is 6.43. The molecular formula is C17H26ClN3O. The van der Waals surface area contributed by atoms with Crippen molar-refractivity contribution in [1.29, 1.82) is 0 Å². The third-order valence-corrected chi connectivity index (χ3v) is 4.88. The SMILES string of the molecule is CCCCOC1=C(N(C)C2CCCCC2)C=C(Cl)C(=[N+]=[N-])C1. The maximum atomic E-state index is 9.10. The molecule has 0 aromatic heterocycles. The smallest absolute Gasteiger partial charge is 0.318 e. The molecular weight excluding hydrogens is 298 g/mol. The number of hydrogen-bond acceptors (Lipinski definition) is 2. The number of nitrogens with zero attached hydrogens (tertiary/aromatic N) is 3. The summed E-state index contributed by atoms with van der Waals surface area (Å²) >= 11 is 6.24. The lowest BCUT2D eigenvalue weighted by molar-refractivity contribution is -0.00764. The van der Waals surface area contributed by atoms with Crippen molar-refractivity contribution in [2.24, 2.45) is 0 Å². The number of unbranched alkanes of at least 4 members (excludes halogenated alkanes) is 1. The summed E-state index contributed by atoms with van der Waals surface area (Å²) in [4.78, 5) is 5.60. The maximum absolute atomic E-state index is 9.10. The van der Waals surface area contributed by atoms with Gasteiger partial charge < -0.3 is 15.2 Å². The third kappa shape index (κ3) is 4.15. The average molecular weight is 324 g/mol. The Morgan fingerprint density at radius 2 is 2.09 bits per heavy atom. The fourth-order valence-electron chi connectivity index (χ4n) is 3.12. The molecule has 2 aliphatic carbocycles. The summed E-state index contributed by atoms with van der Waals surface area (Å²) in [5.41, 5.74) is 10.6. The fourth-order valence-corrected chi connectivity index (χ4v) is 3.33. The molecule has 0 saturated heterocycles. The molecule has 0 aliphatic heterocycles. The van der Waals surface area contributed by atoms with Gasteiger partial charge in [0.2, 0.25) is 0 Å². The summed E-state index contributed by atoms with van der Waals surface area (Å²) in [6, 6.07) is 0.543. The van der Waals surface area contributed by atoms with Crippen LogP contribution in [-0.4, -0.2) is 35.1 Å². The Kier molecular flexibility index (Phi) is 6.53. The zero-order valence-corrected chi connectivity index (χ0v) is 14.4. The van der Waals surface area contributed by atoms with Crippen molar-refractivity contribution in [2.75, 3.05) is 13.7 Å². The second-order valence-corrected chi connectivity index (χ2v) is 6.54. The fraction of sp³-hybridized carbons (Fsp3) is 0.706. The van der Waals surface area contributed by atoms with E-state index in [0.29, 0.717) is 29.8 Å². The minimum atomic E-state index is 0.460. The van der Waals surface area contributed by atoms with Gasteiger partial charge in [-0.25, -0.2) is 0 Å². The highest BCUT2D eigenvalue weighted by atomic mass is 35.5. The van der Waals surface area contributed by atoms with Crippen LogP contribution in [0.3, 0.4) is 0 Å². The number of halogens is 1. The lowest BCUT2D eigenvalue weighted by atomic mass is 9.93. The molecule has 0 N–H and O–H groups in total. The van der Waals surface area contributed by atoms with Crippen molar-refractivity contribution in [1.82, 2.24) is 4.90 Å². The monoisotopic (exact) mass is 323 g/mol. The van der Waals surface area contributed by atoms with E-state index in [1.54, 1.807) is 0 Å². The predicted octanol–water partition coefficient (Wildman–Crippen LogP) is 4.48. The lowest BCUT2D eigenvalue weighted by Gasteiger charge is -2.35. The van der Waals surface area contributed by atoms with Crippen molar-refractivity contribution >= 4 is 17.3 Å². The highest BCUT2D eigenvalue weighted by Crippen LogP contribution is 2.31. The molecule has 4 nitrogen and oxygen atoms in total. The van der Waals surface area contributed by atoms with Crippen LogP contribution in [0.4, 0.5) is 0 Å². The first kappa shape index (κ1) is 17.1. The van der Waals surface area contributed by atoms with Crippen LogP contribution in [0.2, 0.25) is 0 Å². The molecule has 22 heavy (non-hydrogen) atoms. The molecule has 0 bridgehead atoms. The Morgan fingerprint density at radius 3 is 2.73 bits per heavy atom. The summed E-state index contributed by atoms with van der Waals surface area (Å²) in [6.45, 7) is 2.84. The third-order valence-electron chi connectivity index (χ3n) is 4.55. The molecule has 0 amide bonds. The quantitative estimate of drug-likeness (QED) is 0.411. The van der Waals surface area contributed by atoms with E-state index in [9.17, 15) is 0 Å². The van der Waals surface area contributed by atoms with Crippen molar-refractivity contribution in [3.8, 4) is 0 Å². The van der Waals surface area contributed by atoms with E-state index < -0.39 is 0 Å².